The first-order valence-corrected chi connectivity index (χ1v) is 2.25. The number of hydrazine groups is 1. The monoisotopic (exact) mass is 113 g/mol. The van der Waals surface area contributed by atoms with Crippen LogP contribution in [0.2, 0.25) is 0 Å². The highest BCUT2D eigenvalue weighted by molar-refractivity contribution is 5.83. The van der Waals surface area contributed by atoms with Crippen molar-refractivity contribution < 1.29 is 9.59 Å². The van der Waals surface area contributed by atoms with Gasteiger partial charge in [-0.2, -0.15) is 0 Å². The molecule has 1 radical (unpaired) electrons. The van der Waals surface area contributed by atoms with Crippen LogP contribution in [-0.4, -0.2) is 18.2 Å². The Morgan fingerprint density at radius 3 is 2.75 bits per heavy atom. The molecule has 0 spiro atoms. The number of rotatable bonds is 1. The van der Waals surface area contributed by atoms with Crippen LogP contribution in [-0.2, 0) is 9.59 Å². The molecule has 0 aromatic carbocycles. The lowest BCUT2D eigenvalue weighted by molar-refractivity contribution is -0.119. The van der Waals surface area contributed by atoms with Crippen LogP contribution >= 0.6 is 0 Å². The minimum atomic E-state index is -0.442. The standard InChI is InChI=1S/C4H5N2O2/c7-2-3-1-4(8)6-5-3/h3,5H,1H2,(H,6,8). The Bertz CT molecular complexity index is 123. The molecule has 1 aliphatic heterocycles. The van der Waals surface area contributed by atoms with Gasteiger partial charge in [0, 0.05) is 0 Å². The van der Waals surface area contributed by atoms with Gasteiger partial charge in [0.2, 0.25) is 12.2 Å². The van der Waals surface area contributed by atoms with Crippen molar-refractivity contribution in [2.75, 3.05) is 0 Å². The summed E-state index contributed by atoms with van der Waals surface area (Å²) in [5, 5.41) is 0. The van der Waals surface area contributed by atoms with Crippen LogP contribution in [0.15, 0.2) is 0 Å². The van der Waals surface area contributed by atoms with Crippen molar-refractivity contribution in [3.05, 3.63) is 0 Å². The normalized spacial score (nSPS) is 27.5. The van der Waals surface area contributed by atoms with Crippen LogP contribution in [0.5, 0.6) is 0 Å². The van der Waals surface area contributed by atoms with E-state index in [-0.39, 0.29) is 12.3 Å². The molecule has 1 rings (SSSR count). The fourth-order valence-electron chi connectivity index (χ4n) is 0.526. The first kappa shape index (κ1) is 5.24. The van der Waals surface area contributed by atoms with Gasteiger partial charge in [0.25, 0.3) is 0 Å². The van der Waals surface area contributed by atoms with Crippen LogP contribution in [0.1, 0.15) is 6.42 Å². The second-order valence-electron chi connectivity index (χ2n) is 1.57. The molecule has 2 N–H and O–H groups in total. The number of nitrogens with one attached hydrogen (secondary N) is 2. The van der Waals surface area contributed by atoms with Crippen molar-refractivity contribution in [3.63, 3.8) is 0 Å². The molecular weight excluding hydrogens is 108 g/mol. The summed E-state index contributed by atoms with van der Waals surface area (Å²) in [4.78, 5) is 20.0. The Hall–Kier alpha value is -0.900. The van der Waals surface area contributed by atoms with Gasteiger partial charge in [-0.05, 0) is 0 Å². The van der Waals surface area contributed by atoms with E-state index in [0.29, 0.717) is 0 Å². The van der Waals surface area contributed by atoms with E-state index in [2.05, 4.69) is 10.9 Å². The largest absolute Gasteiger partial charge is 0.291 e. The van der Waals surface area contributed by atoms with Crippen molar-refractivity contribution in [2.45, 2.75) is 12.5 Å². The van der Waals surface area contributed by atoms with Crippen molar-refractivity contribution in [2.24, 2.45) is 0 Å². The molecular formula is C4H5N2O2. The highest BCUT2D eigenvalue weighted by Crippen LogP contribution is 1.91. The Morgan fingerprint density at radius 1 is 1.75 bits per heavy atom. The Kier molecular flexibility index (Phi) is 1.26. The van der Waals surface area contributed by atoms with E-state index < -0.39 is 6.04 Å². The lowest BCUT2D eigenvalue weighted by Gasteiger charge is -1.91. The Labute approximate surface area is 46.2 Å². The molecule has 0 bridgehead atoms. The number of carbonyl (C=O) groups excluding carboxylic acids is 2. The van der Waals surface area contributed by atoms with Crippen molar-refractivity contribution in [1.82, 2.24) is 10.9 Å². The van der Waals surface area contributed by atoms with E-state index in [1.165, 1.54) is 0 Å². The van der Waals surface area contributed by atoms with Crippen molar-refractivity contribution >= 4 is 12.2 Å². The number of hydrogen-bond donors (Lipinski definition) is 2. The van der Waals surface area contributed by atoms with Crippen LogP contribution in [0.4, 0.5) is 0 Å². The van der Waals surface area contributed by atoms with Crippen molar-refractivity contribution in [1.29, 1.82) is 0 Å². The molecule has 1 amide bonds. The maximum Gasteiger partial charge on any atom is 0.236 e. The summed E-state index contributed by atoms with van der Waals surface area (Å²) in [7, 11) is 0. The molecule has 1 aliphatic rings. The first-order chi connectivity index (χ1) is 3.83. The maximum atomic E-state index is 10.3. The molecule has 8 heavy (non-hydrogen) atoms. The van der Waals surface area contributed by atoms with Gasteiger partial charge in [0.15, 0.2) is 0 Å². The Morgan fingerprint density at radius 2 is 2.50 bits per heavy atom. The predicted octanol–water partition coefficient (Wildman–Crippen LogP) is -1.51. The zero-order valence-corrected chi connectivity index (χ0v) is 4.10. The van der Waals surface area contributed by atoms with E-state index >= 15 is 0 Å². The number of carbonyl (C=O) groups is 1. The third-order valence-electron chi connectivity index (χ3n) is 0.918. The third kappa shape index (κ3) is 0.840. The highest BCUT2D eigenvalue weighted by Gasteiger charge is 2.19. The SMILES string of the molecule is O=[C]C1CC(=O)NN1. The van der Waals surface area contributed by atoms with E-state index in [9.17, 15) is 9.59 Å². The zero-order chi connectivity index (χ0) is 5.98. The minimum absolute atomic E-state index is 0.154. The molecule has 0 aliphatic carbocycles. The van der Waals surface area contributed by atoms with Crippen molar-refractivity contribution in [3.8, 4) is 0 Å². The molecule has 4 nitrogen and oxygen atoms in total. The predicted molar refractivity (Wildman–Crippen MR) is 25.4 cm³/mol. The zero-order valence-electron chi connectivity index (χ0n) is 4.10. The van der Waals surface area contributed by atoms with Gasteiger partial charge in [-0.1, -0.05) is 0 Å². The topological polar surface area (TPSA) is 58.2 Å². The van der Waals surface area contributed by atoms with E-state index in [1.807, 2.05) is 0 Å². The summed E-state index contributed by atoms with van der Waals surface area (Å²) in [5.41, 5.74) is 4.70. The summed E-state index contributed by atoms with van der Waals surface area (Å²) in [6.07, 6.45) is 1.86. The quantitative estimate of drug-likeness (QED) is 0.434. The molecule has 1 saturated heterocycles. The lowest BCUT2D eigenvalue weighted by Crippen LogP contribution is -2.31. The highest BCUT2D eigenvalue weighted by atomic mass is 16.2. The summed E-state index contributed by atoms with van der Waals surface area (Å²) >= 11 is 0. The average Bonchev–Trinajstić information content (AvgIpc) is 2.14. The average molecular weight is 113 g/mol. The van der Waals surface area contributed by atoms with E-state index in [0.717, 1.165) is 0 Å². The van der Waals surface area contributed by atoms with Crippen LogP contribution in [0.3, 0.4) is 0 Å². The molecule has 1 atom stereocenters. The van der Waals surface area contributed by atoms with Gasteiger partial charge >= 0.3 is 0 Å². The van der Waals surface area contributed by atoms with Gasteiger partial charge < -0.3 is 0 Å². The van der Waals surface area contributed by atoms with Gasteiger partial charge in [0.1, 0.15) is 6.04 Å². The third-order valence-corrected chi connectivity index (χ3v) is 0.918. The molecule has 1 heterocycles. The second-order valence-corrected chi connectivity index (χ2v) is 1.57. The molecule has 0 aromatic heterocycles. The van der Waals surface area contributed by atoms with E-state index in [1.54, 1.807) is 6.29 Å². The minimum Gasteiger partial charge on any atom is -0.291 e. The summed E-state index contributed by atoms with van der Waals surface area (Å²) in [6.45, 7) is 0. The molecule has 1 unspecified atom stereocenters. The number of hydrogen-bond acceptors (Lipinski definition) is 3. The van der Waals surface area contributed by atoms with Crippen LogP contribution in [0.25, 0.3) is 0 Å². The molecule has 43 valence electrons. The lowest BCUT2D eigenvalue weighted by atomic mass is 10.3. The maximum absolute atomic E-state index is 10.3. The van der Waals surface area contributed by atoms with Crippen LogP contribution in [0, 0.1) is 0 Å². The molecule has 4 heteroatoms. The van der Waals surface area contributed by atoms with Gasteiger partial charge in [-0.3, -0.25) is 15.0 Å². The summed E-state index contributed by atoms with van der Waals surface area (Å²) in [6, 6.07) is -0.442. The molecule has 0 aromatic rings. The summed E-state index contributed by atoms with van der Waals surface area (Å²) in [5.74, 6) is -0.154. The van der Waals surface area contributed by atoms with Crippen LogP contribution < -0.4 is 10.9 Å². The fourth-order valence-corrected chi connectivity index (χ4v) is 0.526. The molecule has 0 saturated carbocycles. The van der Waals surface area contributed by atoms with Gasteiger partial charge in [-0.25, -0.2) is 5.43 Å². The van der Waals surface area contributed by atoms with Gasteiger partial charge in [0.05, 0.1) is 6.42 Å². The smallest absolute Gasteiger partial charge is 0.236 e. The van der Waals surface area contributed by atoms with E-state index in [4.69, 9.17) is 0 Å². The molecule has 1 fully saturated rings. The first-order valence-electron chi connectivity index (χ1n) is 2.25. The number of amides is 1. The van der Waals surface area contributed by atoms with Gasteiger partial charge in [-0.15, -0.1) is 0 Å². The fraction of sp³-hybridized carbons (Fsp3) is 0.500. The second kappa shape index (κ2) is 1.92. The Balaban J connectivity index is 2.43. The summed E-state index contributed by atoms with van der Waals surface area (Å²) < 4.78 is 0.